The van der Waals surface area contributed by atoms with Crippen LogP contribution in [0.3, 0.4) is 0 Å². The number of hydrazine groups is 1. The van der Waals surface area contributed by atoms with Gasteiger partial charge in [0.15, 0.2) is 0 Å². The zero-order valence-electron chi connectivity index (χ0n) is 12.9. The molecule has 116 valence electrons. The third kappa shape index (κ3) is 3.65. The molecule has 0 aromatic heterocycles. The van der Waals surface area contributed by atoms with Crippen LogP contribution in [0, 0.1) is 0 Å². The first kappa shape index (κ1) is 15.0. The summed E-state index contributed by atoms with van der Waals surface area (Å²) in [5.41, 5.74) is 6.14. The smallest absolute Gasteiger partial charge is 0.0576 e. The molecule has 1 saturated heterocycles. The molecule has 0 spiro atoms. The van der Waals surface area contributed by atoms with Crippen LogP contribution in [0.25, 0.3) is 0 Å². The molecule has 1 aromatic carbocycles. The average Bonchev–Trinajstić information content (AvgIpc) is 3.05. The van der Waals surface area contributed by atoms with Crippen molar-refractivity contribution in [3.8, 4) is 0 Å². The Morgan fingerprint density at radius 1 is 1.24 bits per heavy atom. The molecule has 1 aliphatic heterocycles. The van der Waals surface area contributed by atoms with E-state index in [1.807, 2.05) is 0 Å². The Balaban J connectivity index is 1.58. The molecule has 3 N–H and O–H groups in total. The van der Waals surface area contributed by atoms with Crippen LogP contribution in [-0.4, -0.2) is 18.8 Å². The Morgan fingerprint density at radius 3 is 2.95 bits per heavy atom. The van der Waals surface area contributed by atoms with Gasteiger partial charge in [-0.2, -0.15) is 0 Å². The van der Waals surface area contributed by atoms with Gasteiger partial charge < -0.3 is 4.74 Å². The molecule has 3 heteroatoms. The normalized spacial score (nSPS) is 26.5. The van der Waals surface area contributed by atoms with Crippen LogP contribution in [-0.2, 0) is 11.2 Å². The van der Waals surface area contributed by atoms with Crippen molar-refractivity contribution in [3.63, 3.8) is 0 Å². The van der Waals surface area contributed by atoms with Crippen LogP contribution in [0.5, 0.6) is 0 Å². The predicted molar refractivity (Wildman–Crippen MR) is 86.1 cm³/mol. The molecule has 1 aromatic rings. The maximum atomic E-state index is 5.87. The van der Waals surface area contributed by atoms with Crippen LogP contribution >= 0.6 is 0 Å². The largest absolute Gasteiger partial charge is 0.378 e. The summed E-state index contributed by atoms with van der Waals surface area (Å²) in [6.45, 7) is 0.958. The highest BCUT2D eigenvalue weighted by Crippen LogP contribution is 2.35. The molecular formula is C18H28N2O. The van der Waals surface area contributed by atoms with Crippen LogP contribution < -0.4 is 11.3 Å². The Morgan fingerprint density at radius 2 is 2.14 bits per heavy atom. The monoisotopic (exact) mass is 288 g/mol. The SMILES string of the molecule is NNC(CCCC1CCCO1)C1CCCc2ccccc21. The van der Waals surface area contributed by atoms with E-state index in [-0.39, 0.29) is 0 Å². The molecule has 3 unspecified atom stereocenters. The van der Waals surface area contributed by atoms with Crippen molar-refractivity contribution in [2.75, 3.05) is 6.61 Å². The first-order valence-electron chi connectivity index (χ1n) is 8.54. The number of nitrogens with one attached hydrogen (secondary N) is 1. The lowest BCUT2D eigenvalue weighted by atomic mass is 9.77. The molecule has 1 fully saturated rings. The molecule has 21 heavy (non-hydrogen) atoms. The lowest BCUT2D eigenvalue weighted by Gasteiger charge is -2.32. The molecule has 2 aliphatic rings. The minimum atomic E-state index is 0.396. The van der Waals surface area contributed by atoms with Crippen molar-refractivity contribution in [2.45, 2.75) is 69.4 Å². The van der Waals surface area contributed by atoms with E-state index in [9.17, 15) is 0 Å². The van der Waals surface area contributed by atoms with Gasteiger partial charge in [0.1, 0.15) is 0 Å². The van der Waals surface area contributed by atoms with E-state index < -0.39 is 0 Å². The van der Waals surface area contributed by atoms with E-state index >= 15 is 0 Å². The standard InChI is InChI=1S/C18H28N2O/c19-20-18(12-4-8-15-9-5-13-21-15)17-11-3-7-14-6-1-2-10-16(14)17/h1-2,6,10,15,17-18,20H,3-5,7-9,11-13,19H2. The number of nitrogens with two attached hydrogens (primary N) is 1. The van der Waals surface area contributed by atoms with Crippen molar-refractivity contribution in [3.05, 3.63) is 35.4 Å². The quantitative estimate of drug-likeness (QED) is 0.624. The molecule has 0 bridgehead atoms. The molecule has 3 nitrogen and oxygen atoms in total. The van der Waals surface area contributed by atoms with Gasteiger partial charge in [-0.15, -0.1) is 0 Å². The number of aryl methyl sites for hydroxylation is 1. The van der Waals surface area contributed by atoms with Crippen molar-refractivity contribution in [2.24, 2.45) is 5.84 Å². The van der Waals surface area contributed by atoms with Gasteiger partial charge in [0.05, 0.1) is 6.10 Å². The minimum Gasteiger partial charge on any atom is -0.378 e. The first-order valence-corrected chi connectivity index (χ1v) is 8.54. The second-order valence-electron chi connectivity index (χ2n) is 6.54. The van der Waals surface area contributed by atoms with E-state index in [1.165, 1.54) is 56.1 Å². The van der Waals surface area contributed by atoms with Crippen LogP contribution in [0.1, 0.15) is 62.0 Å². The van der Waals surface area contributed by atoms with E-state index in [1.54, 1.807) is 0 Å². The topological polar surface area (TPSA) is 47.3 Å². The second kappa shape index (κ2) is 7.39. The fraction of sp³-hybridized carbons (Fsp3) is 0.667. The first-order chi connectivity index (χ1) is 10.4. The van der Waals surface area contributed by atoms with Gasteiger partial charge in [-0.05, 0) is 62.5 Å². The molecule has 3 rings (SSSR count). The summed E-state index contributed by atoms with van der Waals surface area (Å²) in [6.07, 6.45) is 10.3. The summed E-state index contributed by atoms with van der Waals surface area (Å²) in [5, 5.41) is 0. The fourth-order valence-corrected chi connectivity index (χ4v) is 4.05. The maximum Gasteiger partial charge on any atom is 0.0576 e. The Labute approximate surface area is 128 Å². The molecule has 0 radical (unpaired) electrons. The summed E-state index contributed by atoms with van der Waals surface area (Å²) in [4.78, 5) is 0. The zero-order valence-corrected chi connectivity index (χ0v) is 12.9. The number of hydrogen-bond donors (Lipinski definition) is 2. The lowest BCUT2D eigenvalue weighted by Crippen LogP contribution is -2.41. The Bertz CT molecular complexity index is 443. The van der Waals surface area contributed by atoms with Crippen molar-refractivity contribution < 1.29 is 4.74 Å². The second-order valence-corrected chi connectivity index (χ2v) is 6.54. The molecular weight excluding hydrogens is 260 g/mol. The van der Waals surface area contributed by atoms with Crippen LogP contribution in [0.2, 0.25) is 0 Å². The van der Waals surface area contributed by atoms with Gasteiger partial charge >= 0.3 is 0 Å². The number of hydrogen-bond acceptors (Lipinski definition) is 3. The number of rotatable bonds is 6. The molecule has 1 aliphatic carbocycles. The van der Waals surface area contributed by atoms with Gasteiger partial charge in [0.25, 0.3) is 0 Å². The minimum absolute atomic E-state index is 0.396. The summed E-state index contributed by atoms with van der Waals surface area (Å²) < 4.78 is 5.72. The predicted octanol–water partition coefficient (Wildman–Crippen LogP) is 3.29. The van der Waals surface area contributed by atoms with Gasteiger partial charge in [-0.3, -0.25) is 11.3 Å². The Hall–Kier alpha value is -0.900. The molecule has 0 saturated carbocycles. The highest BCUT2D eigenvalue weighted by atomic mass is 16.5. The number of benzene rings is 1. The third-order valence-corrected chi connectivity index (χ3v) is 5.18. The van der Waals surface area contributed by atoms with E-state index in [2.05, 4.69) is 29.7 Å². The van der Waals surface area contributed by atoms with E-state index in [0.717, 1.165) is 13.0 Å². The highest BCUT2D eigenvalue weighted by molar-refractivity contribution is 5.33. The number of fused-ring (bicyclic) bond motifs is 1. The van der Waals surface area contributed by atoms with Crippen molar-refractivity contribution in [1.82, 2.24) is 5.43 Å². The number of ether oxygens (including phenoxy) is 1. The molecule has 0 amide bonds. The fourth-order valence-electron chi connectivity index (χ4n) is 4.05. The summed E-state index contributed by atoms with van der Waals surface area (Å²) in [7, 11) is 0. The van der Waals surface area contributed by atoms with Crippen molar-refractivity contribution >= 4 is 0 Å². The van der Waals surface area contributed by atoms with E-state index in [4.69, 9.17) is 10.6 Å². The van der Waals surface area contributed by atoms with Crippen molar-refractivity contribution in [1.29, 1.82) is 0 Å². The van der Waals surface area contributed by atoms with Crippen LogP contribution in [0.4, 0.5) is 0 Å². The summed E-state index contributed by atoms with van der Waals surface area (Å²) >= 11 is 0. The van der Waals surface area contributed by atoms with Crippen LogP contribution in [0.15, 0.2) is 24.3 Å². The summed E-state index contributed by atoms with van der Waals surface area (Å²) in [5.74, 6) is 6.45. The van der Waals surface area contributed by atoms with Gasteiger partial charge in [0.2, 0.25) is 0 Å². The average molecular weight is 288 g/mol. The third-order valence-electron chi connectivity index (χ3n) is 5.18. The zero-order chi connectivity index (χ0) is 14.5. The summed E-state index contributed by atoms with van der Waals surface area (Å²) in [6, 6.07) is 9.29. The van der Waals surface area contributed by atoms with E-state index in [0.29, 0.717) is 18.1 Å². The Kier molecular flexibility index (Phi) is 5.28. The lowest BCUT2D eigenvalue weighted by molar-refractivity contribution is 0.101. The highest BCUT2D eigenvalue weighted by Gasteiger charge is 2.27. The molecule has 1 heterocycles. The van der Waals surface area contributed by atoms with Gasteiger partial charge in [0, 0.05) is 18.6 Å². The van der Waals surface area contributed by atoms with Gasteiger partial charge in [-0.1, -0.05) is 24.3 Å². The maximum absolute atomic E-state index is 5.87. The van der Waals surface area contributed by atoms with Gasteiger partial charge in [-0.25, -0.2) is 0 Å². The molecule has 3 atom stereocenters.